The summed E-state index contributed by atoms with van der Waals surface area (Å²) < 4.78 is 5.45. The predicted octanol–water partition coefficient (Wildman–Crippen LogP) is 3.99. The number of aromatic nitrogens is 1. The van der Waals surface area contributed by atoms with Crippen LogP contribution < -0.4 is 4.74 Å². The summed E-state index contributed by atoms with van der Waals surface area (Å²) in [5.74, 6) is 0.769. The Morgan fingerprint density at radius 3 is 2.47 bits per heavy atom. The van der Waals surface area contributed by atoms with Gasteiger partial charge in [-0.05, 0) is 30.3 Å². The first-order chi connectivity index (χ1) is 8.20. The van der Waals surface area contributed by atoms with Crippen molar-refractivity contribution in [3.8, 4) is 11.6 Å². The third-order valence-electron chi connectivity index (χ3n) is 2.04. The summed E-state index contributed by atoms with van der Waals surface area (Å²) in [5.41, 5.74) is 0.572. The number of hydrogen-bond acceptors (Lipinski definition) is 3. The molecular weight excluding hydrogens is 261 g/mol. The Bertz CT molecular complexity index is 541. The maximum absolute atomic E-state index is 10.5. The number of hydrogen-bond donors (Lipinski definition) is 0. The first kappa shape index (κ1) is 11.9. The summed E-state index contributed by atoms with van der Waals surface area (Å²) >= 11 is 11.8. The molecule has 0 radical (unpaired) electrons. The van der Waals surface area contributed by atoms with Gasteiger partial charge in [0.05, 0.1) is 5.02 Å². The van der Waals surface area contributed by atoms with E-state index < -0.39 is 0 Å². The molecule has 1 heterocycles. The van der Waals surface area contributed by atoms with Crippen molar-refractivity contribution < 1.29 is 9.53 Å². The van der Waals surface area contributed by atoms with Crippen LogP contribution in [0.25, 0.3) is 0 Å². The lowest BCUT2D eigenvalue weighted by Gasteiger charge is -2.06. The average molecular weight is 268 g/mol. The van der Waals surface area contributed by atoms with Crippen molar-refractivity contribution >= 4 is 29.5 Å². The van der Waals surface area contributed by atoms with Gasteiger partial charge in [0, 0.05) is 11.8 Å². The van der Waals surface area contributed by atoms with Crippen molar-refractivity contribution in [1.29, 1.82) is 0 Å². The van der Waals surface area contributed by atoms with Gasteiger partial charge in [-0.3, -0.25) is 4.79 Å². The van der Waals surface area contributed by atoms with Gasteiger partial charge in [-0.2, -0.15) is 0 Å². The molecule has 0 atom stereocenters. The molecule has 5 heteroatoms. The third-order valence-corrected chi connectivity index (χ3v) is 2.82. The van der Waals surface area contributed by atoms with Crippen LogP contribution in [0.5, 0.6) is 11.6 Å². The van der Waals surface area contributed by atoms with E-state index >= 15 is 0 Å². The zero-order chi connectivity index (χ0) is 12.3. The van der Waals surface area contributed by atoms with Crippen LogP contribution in [0.3, 0.4) is 0 Å². The summed E-state index contributed by atoms with van der Waals surface area (Å²) in [7, 11) is 0. The topological polar surface area (TPSA) is 39.2 Å². The highest BCUT2D eigenvalue weighted by Gasteiger charge is 2.08. The molecule has 2 aromatic rings. The lowest BCUT2D eigenvalue weighted by Crippen LogP contribution is -1.89. The van der Waals surface area contributed by atoms with E-state index in [1.165, 1.54) is 6.20 Å². The van der Waals surface area contributed by atoms with Gasteiger partial charge in [0.2, 0.25) is 5.88 Å². The molecule has 1 aromatic carbocycles. The third kappa shape index (κ3) is 2.75. The standard InChI is InChI=1S/C12H7Cl2NO2/c13-10-5-6-15-12(11(10)14)17-9-3-1-8(7-16)2-4-9/h1-7H. The number of carbonyl (C=O) groups is 1. The smallest absolute Gasteiger partial charge is 0.239 e. The lowest BCUT2D eigenvalue weighted by atomic mass is 10.2. The fraction of sp³-hybridized carbons (Fsp3) is 0. The van der Waals surface area contributed by atoms with E-state index in [9.17, 15) is 4.79 Å². The predicted molar refractivity (Wildman–Crippen MR) is 66.2 cm³/mol. The maximum atomic E-state index is 10.5. The number of aldehydes is 1. The molecule has 0 aliphatic rings. The van der Waals surface area contributed by atoms with Crippen LogP contribution in [-0.4, -0.2) is 11.3 Å². The van der Waals surface area contributed by atoms with Crippen LogP contribution in [0.4, 0.5) is 0 Å². The van der Waals surface area contributed by atoms with Crippen molar-refractivity contribution in [1.82, 2.24) is 4.98 Å². The van der Waals surface area contributed by atoms with Gasteiger partial charge in [-0.1, -0.05) is 23.2 Å². The average Bonchev–Trinajstić information content (AvgIpc) is 2.36. The van der Waals surface area contributed by atoms with Crippen LogP contribution in [0, 0.1) is 0 Å². The van der Waals surface area contributed by atoms with Crippen molar-refractivity contribution in [2.24, 2.45) is 0 Å². The Hall–Kier alpha value is -1.58. The fourth-order valence-electron chi connectivity index (χ4n) is 1.20. The molecule has 0 unspecified atom stereocenters. The summed E-state index contributed by atoms with van der Waals surface area (Å²) in [5, 5.41) is 0.634. The van der Waals surface area contributed by atoms with E-state index in [1.54, 1.807) is 30.3 Å². The molecule has 0 aliphatic carbocycles. The largest absolute Gasteiger partial charge is 0.437 e. The van der Waals surface area contributed by atoms with Crippen LogP contribution in [0.15, 0.2) is 36.5 Å². The SMILES string of the molecule is O=Cc1ccc(Oc2nccc(Cl)c2Cl)cc1. The van der Waals surface area contributed by atoms with Gasteiger partial charge in [0.1, 0.15) is 17.1 Å². The normalized spacial score (nSPS) is 10.0. The molecule has 0 N–H and O–H groups in total. The van der Waals surface area contributed by atoms with E-state index in [0.29, 0.717) is 16.3 Å². The monoisotopic (exact) mass is 267 g/mol. The van der Waals surface area contributed by atoms with Gasteiger partial charge < -0.3 is 4.74 Å². The highest BCUT2D eigenvalue weighted by molar-refractivity contribution is 6.42. The minimum absolute atomic E-state index is 0.234. The second kappa shape index (κ2) is 5.17. The fourth-order valence-corrected chi connectivity index (χ4v) is 1.49. The Balaban J connectivity index is 2.25. The Labute approximate surface area is 108 Å². The zero-order valence-corrected chi connectivity index (χ0v) is 10.1. The van der Waals surface area contributed by atoms with E-state index in [4.69, 9.17) is 27.9 Å². The van der Waals surface area contributed by atoms with Crippen molar-refractivity contribution in [2.75, 3.05) is 0 Å². The summed E-state index contributed by atoms with van der Waals surface area (Å²) in [6.07, 6.45) is 2.26. The Morgan fingerprint density at radius 1 is 1.12 bits per heavy atom. The van der Waals surface area contributed by atoms with Crippen molar-refractivity contribution in [2.45, 2.75) is 0 Å². The van der Waals surface area contributed by atoms with Gasteiger partial charge in [-0.15, -0.1) is 0 Å². The van der Waals surface area contributed by atoms with E-state index in [-0.39, 0.29) is 10.9 Å². The van der Waals surface area contributed by atoms with Gasteiger partial charge in [0.15, 0.2) is 0 Å². The first-order valence-corrected chi connectivity index (χ1v) is 5.49. The Kier molecular flexibility index (Phi) is 3.61. The molecular formula is C12H7Cl2NO2. The van der Waals surface area contributed by atoms with Crippen LogP contribution in [-0.2, 0) is 0 Å². The molecule has 3 nitrogen and oxygen atoms in total. The molecule has 0 aliphatic heterocycles. The second-order valence-electron chi connectivity index (χ2n) is 3.20. The lowest BCUT2D eigenvalue weighted by molar-refractivity contribution is 0.112. The van der Waals surface area contributed by atoms with Gasteiger partial charge in [0.25, 0.3) is 0 Å². The summed E-state index contributed by atoms with van der Waals surface area (Å²) in [6.45, 7) is 0. The quantitative estimate of drug-likeness (QED) is 0.790. The number of rotatable bonds is 3. The minimum atomic E-state index is 0.234. The highest BCUT2D eigenvalue weighted by Crippen LogP contribution is 2.32. The van der Waals surface area contributed by atoms with E-state index in [0.717, 1.165) is 6.29 Å². The van der Waals surface area contributed by atoms with E-state index in [1.807, 2.05) is 0 Å². The molecule has 0 amide bonds. The number of halogens is 2. The number of carbonyl (C=O) groups excluding carboxylic acids is 1. The second-order valence-corrected chi connectivity index (χ2v) is 3.99. The zero-order valence-electron chi connectivity index (χ0n) is 8.56. The molecule has 2 rings (SSSR count). The number of nitrogens with zero attached hydrogens (tertiary/aromatic N) is 1. The van der Waals surface area contributed by atoms with Gasteiger partial charge >= 0.3 is 0 Å². The first-order valence-electron chi connectivity index (χ1n) is 4.74. The number of benzene rings is 1. The van der Waals surface area contributed by atoms with Crippen molar-refractivity contribution in [3.05, 3.63) is 52.1 Å². The van der Waals surface area contributed by atoms with Gasteiger partial charge in [-0.25, -0.2) is 4.98 Å². The molecule has 0 fully saturated rings. The molecule has 0 bridgehead atoms. The van der Waals surface area contributed by atoms with Crippen LogP contribution in [0.2, 0.25) is 10.0 Å². The van der Waals surface area contributed by atoms with E-state index in [2.05, 4.69) is 4.98 Å². The molecule has 0 saturated heterocycles. The Morgan fingerprint density at radius 2 is 1.82 bits per heavy atom. The number of pyridine rings is 1. The highest BCUT2D eigenvalue weighted by atomic mass is 35.5. The minimum Gasteiger partial charge on any atom is -0.437 e. The molecule has 0 saturated carbocycles. The summed E-state index contributed by atoms with van der Waals surface area (Å²) in [4.78, 5) is 14.5. The molecule has 0 spiro atoms. The van der Waals surface area contributed by atoms with Crippen molar-refractivity contribution in [3.63, 3.8) is 0 Å². The molecule has 86 valence electrons. The molecule has 17 heavy (non-hydrogen) atoms. The summed E-state index contributed by atoms with van der Waals surface area (Å²) in [6, 6.07) is 8.17. The number of ether oxygens (including phenoxy) is 1. The van der Waals surface area contributed by atoms with Crippen LogP contribution in [0.1, 0.15) is 10.4 Å². The van der Waals surface area contributed by atoms with Crippen LogP contribution >= 0.6 is 23.2 Å². The molecule has 1 aromatic heterocycles. The maximum Gasteiger partial charge on any atom is 0.239 e.